The molecule has 2 fully saturated rings. The minimum atomic E-state index is 0.647. The van der Waals surface area contributed by atoms with E-state index in [4.69, 9.17) is 4.74 Å². The van der Waals surface area contributed by atoms with Gasteiger partial charge in [-0.3, -0.25) is 0 Å². The molecule has 1 aliphatic carbocycles. The maximum Gasteiger partial charge on any atom is 0.0620 e. The Morgan fingerprint density at radius 2 is 1.81 bits per heavy atom. The van der Waals surface area contributed by atoms with Gasteiger partial charge in [0.15, 0.2) is 0 Å². The van der Waals surface area contributed by atoms with Gasteiger partial charge in [-0.1, -0.05) is 32.6 Å². The molecule has 1 aliphatic heterocycles. The van der Waals surface area contributed by atoms with Gasteiger partial charge in [0.05, 0.1) is 6.61 Å². The third-order valence-corrected chi connectivity index (χ3v) is 4.29. The van der Waals surface area contributed by atoms with E-state index >= 15 is 0 Å². The minimum Gasteiger partial charge on any atom is -0.380 e. The van der Waals surface area contributed by atoms with Gasteiger partial charge in [-0.05, 0) is 37.6 Å². The van der Waals surface area contributed by atoms with Crippen LogP contribution in [0.15, 0.2) is 0 Å². The second kappa shape index (κ2) is 6.61. The molecule has 0 spiro atoms. The van der Waals surface area contributed by atoms with Crippen molar-refractivity contribution >= 4 is 0 Å². The highest BCUT2D eigenvalue weighted by Crippen LogP contribution is 2.31. The normalized spacial score (nSPS) is 35.4. The van der Waals surface area contributed by atoms with Crippen LogP contribution >= 0.6 is 0 Å². The predicted molar refractivity (Wildman–Crippen MR) is 67.6 cm³/mol. The molecule has 1 heterocycles. The maximum absolute atomic E-state index is 5.38. The summed E-state index contributed by atoms with van der Waals surface area (Å²) in [5.74, 6) is 1.98. The third-order valence-electron chi connectivity index (χ3n) is 4.29. The van der Waals surface area contributed by atoms with Crippen LogP contribution in [-0.2, 0) is 4.74 Å². The van der Waals surface area contributed by atoms with Gasteiger partial charge in [-0.15, -0.1) is 0 Å². The number of hydrogen-bond acceptors (Lipinski definition) is 2. The Morgan fingerprint density at radius 3 is 2.44 bits per heavy atom. The molecule has 1 saturated heterocycles. The van der Waals surface area contributed by atoms with Crippen molar-refractivity contribution in [1.82, 2.24) is 5.32 Å². The van der Waals surface area contributed by atoms with E-state index in [-0.39, 0.29) is 0 Å². The van der Waals surface area contributed by atoms with Crippen LogP contribution in [0, 0.1) is 11.8 Å². The van der Waals surface area contributed by atoms with Crippen LogP contribution in [0.4, 0.5) is 0 Å². The number of rotatable bonds is 5. The van der Waals surface area contributed by atoms with Crippen LogP contribution in [0.1, 0.15) is 51.9 Å². The molecule has 94 valence electrons. The molecule has 1 unspecified atom stereocenters. The van der Waals surface area contributed by atoms with Crippen LogP contribution in [0.2, 0.25) is 0 Å². The van der Waals surface area contributed by atoms with E-state index in [0.29, 0.717) is 6.04 Å². The van der Waals surface area contributed by atoms with Crippen molar-refractivity contribution in [2.75, 3.05) is 19.8 Å². The second-order valence-corrected chi connectivity index (χ2v) is 5.64. The van der Waals surface area contributed by atoms with Crippen molar-refractivity contribution < 1.29 is 4.74 Å². The first kappa shape index (κ1) is 12.4. The molecule has 2 heteroatoms. The molecule has 0 bridgehead atoms. The van der Waals surface area contributed by atoms with Gasteiger partial charge in [-0.25, -0.2) is 0 Å². The average molecular weight is 225 g/mol. The summed E-state index contributed by atoms with van der Waals surface area (Å²) >= 11 is 0. The Bertz CT molecular complexity index is 181. The average Bonchev–Trinajstić information content (AvgIpc) is 2.82. The topological polar surface area (TPSA) is 21.3 Å². The minimum absolute atomic E-state index is 0.647. The molecule has 0 aromatic carbocycles. The van der Waals surface area contributed by atoms with Crippen LogP contribution in [0.5, 0.6) is 0 Å². The molecule has 16 heavy (non-hydrogen) atoms. The first-order valence-corrected chi connectivity index (χ1v) is 7.19. The molecule has 1 saturated carbocycles. The molecular weight excluding hydrogens is 198 g/mol. The predicted octanol–water partition coefficient (Wildman–Crippen LogP) is 2.97. The molecule has 2 rings (SSSR count). The Kier molecular flexibility index (Phi) is 5.11. The summed E-state index contributed by atoms with van der Waals surface area (Å²) in [6.07, 6.45) is 9.88. The van der Waals surface area contributed by atoms with Crippen LogP contribution in [-0.4, -0.2) is 25.8 Å². The number of ether oxygens (including phenoxy) is 1. The van der Waals surface area contributed by atoms with Gasteiger partial charge >= 0.3 is 0 Å². The van der Waals surface area contributed by atoms with E-state index in [2.05, 4.69) is 12.2 Å². The fourth-order valence-corrected chi connectivity index (χ4v) is 3.16. The van der Waals surface area contributed by atoms with E-state index in [0.717, 1.165) is 25.0 Å². The summed E-state index contributed by atoms with van der Waals surface area (Å²) in [5, 5.41) is 3.67. The zero-order chi connectivity index (χ0) is 11.2. The lowest BCUT2D eigenvalue weighted by Gasteiger charge is -2.29. The Hall–Kier alpha value is -0.0800. The van der Waals surface area contributed by atoms with Gasteiger partial charge < -0.3 is 10.1 Å². The summed E-state index contributed by atoms with van der Waals surface area (Å²) in [4.78, 5) is 0. The quantitative estimate of drug-likeness (QED) is 0.776. The van der Waals surface area contributed by atoms with Gasteiger partial charge in [0.2, 0.25) is 0 Å². The zero-order valence-corrected chi connectivity index (χ0v) is 10.7. The highest BCUT2D eigenvalue weighted by molar-refractivity contribution is 4.77. The first-order chi connectivity index (χ1) is 7.88. The van der Waals surface area contributed by atoms with Gasteiger partial charge in [0.25, 0.3) is 0 Å². The molecule has 0 aromatic heterocycles. The number of nitrogens with one attached hydrogen (secondary N) is 1. The molecular formula is C14H27NO. The van der Waals surface area contributed by atoms with E-state index in [9.17, 15) is 0 Å². The second-order valence-electron chi connectivity index (χ2n) is 5.64. The van der Waals surface area contributed by atoms with Gasteiger partial charge in [0.1, 0.15) is 0 Å². The summed E-state index contributed by atoms with van der Waals surface area (Å²) < 4.78 is 5.38. The highest BCUT2D eigenvalue weighted by Gasteiger charge is 2.22. The van der Waals surface area contributed by atoms with Crippen molar-refractivity contribution in [3.8, 4) is 0 Å². The molecule has 0 amide bonds. The SMILES string of the molecule is CCCC1CCC(CNC2CCOC2)CC1. The summed E-state index contributed by atoms with van der Waals surface area (Å²) in [5.41, 5.74) is 0. The summed E-state index contributed by atoms with van der Waals surface area (Å²) in [6, 6.07) is 0.647. The fourth-order valence-electron chi connectivity index (χ4n) is 3.16. The van der Waals surface area contributed by atoms with Crippen LogP contribution in [0.3, 0.4) is 0 Å². The first-order valence-electron chi connectivity index (χ1n) is 7.19. The fraction of sp³-hybridized carbons (Fsp3) is 1.00. The van der Waals surface area contributed by atoms with E-state index < -0.39 is 0 Å². The third kappa shape index (κ3) is 3.74. The maximum atomic E-state index is 5.38. The highest BCUT2D eigenvalue weighted by atomic mass is 16.5. The van der Waals surface area contributed by atoms with Crippen molar-refractivity contribution in [2.24, 2.45) is 11.8 Å². The van der Waals surface area contributed by atoms with E-state index in [1.807, 2.05) is 0 Å². The van der Waals surface area contributed by atoms with Gasteiger partial charge in [0, 0.05) is 12.6 Å². The summed E-state index contributed by atoms with van der Waals surface area (Å²) in [7, 11) is 0. The molecule has 1 N–H and O–H groups in total. The van der Waals surface area contributed by atoms with Crippen molar-refractivity contribution in [3.63, 3.8) is 0 Å². The van der Waals surface area contributed by atoms with Crippen LogP contribution < -0.4 is 5.32 Å². The Labute approximate surface area is 100 Å². The zero-order valence-electron chi connectivity index (χ0n) is 10.7. The molecule has 2 aliphatic rings. The van der Waals surface area contributed by atoms with Gasteiger partial charge in [-0.2, -0.15) is 0 Å². The lowest BCUT2D eigenvalue weighted by Crippen LogP contribution is -2.34. The monoisotopic (exact) mass is 225 g/mol. The molecule has 0 radical (unpaired) electrons. The Morgan fingerprint density at radius 1 is 1.06 bits per heavy atom. The lowest BCUT2D eigenvalue weighted by atomic mass is 9.80. The summed E-state index contributed by atoms with van der Waals surface area (Å²) in [6.45, 7) is 5.44. The standard InChI is InChI=1S/C14H27NO/c1-2-3-12-4-6-13(7-5-12)10-15-14-8-9-16-11-14/h12-15H,2-11H2,1H3. The number of hydrogen-bond donors (Lipinski definition) is 1. The van der Waals surface area contributed by atoms with Crippen molar-refractivity contribution in [1.29, 1.82) is 0 Å². The van der Waals surface area contributed by atoms with Crippen molar-refractivity contribution in [3.05, 3.63) is 0 Å². The molecule has 0 aromatic rings. The van der Waals surface area contributed by atoms with E-state index in [1.54, 1.807) is 0 Å². The molecule has 1 atom stereocenters. The Balaban J connectivity index is 1.57. The van der Waals surface area contributed by atoms with Crippen LogP contribution in [0.25, 0.3) is 0 Å². The molecule has 2 nitrogen and oxygen atoms in total. The van der Waals surface area contributed by atoms with Crippen molar-refractivity contribution in [2.45, 2.75) is 57.9 Å². The van der Waals surface area contributed by atoms with E-state index in [1.165, 1.54) is 51.5 Å². The largest absolute Gasteiger partial charge is 0.380 e. The smallest absolute Gasteiger partial charge is 0.0620 e. The lowest BCUT2D eigenvalue weighted by molar-refractivity contribution is 0.186.